The molecule has 7 rings (SSSR count). The van der Waals surface area contributed by atoms with E-state index >= 15 is 0 Å². The van der Waals surface area contributed by atoms with E-state index in [-0.39, 0.29) is 38.5 Å². The molecule has 2 heterocycles. The molecule has 6 amide bonds. The molecular formula is C49H50N6O8. The third kappa shape index (κ3) is 14.0. The van der Waals surface area contributed by atoms with E-state index < -0.39 is 72.1 Å². The van der Waals surface area contributed by atoms with Crippen LogP contribution >= 0.6 is 0 Å². The van der Waals surface area contributed by atoms with Gasteiger partial charge in [0, 0.05) is 37.8 Å². The Kier molecular flexibility index (Phi) is 15.9. The summed E-state index contributed by atoms with van der Waals surface area (Å²) in [6.07, 6.45) is 0.0332. The van der Waals surface area contributed by atoms with Gasteiger partial charge in [-0.05, 0) is 58.4 Å². The van der Waals surface area contributed by atoms with Crippen molar-refractivity contribution in [3.63, 3.8) is 0 Å². The summed E-state index contributed by atoms with van der Waals surface area (Å²) in [4.78, 5) is 94.4. The van der Waals surface area contributed by atoms with Gasteiger partial charge in [-0.15, -0.1) is 0 Å². The average Bonchev–Trinajstić information content (AvgIpc) is 3.29. The summed E-state index contributed by atoms with van der Waals surface area (Å²) < 4.78 is 0. The van der Waals surface area contributed by atoms with Gasteiger partial charge in [-0.1, -0.05) is 127 Å². The topological polar surface area (TPSA) is 212 Å². The number of carboxylic acid groups (broad SMARTS) is 1. The molecule has 0 saturated heterocycles. The molecule has 63 heavy (non-hydrogen) atoms. The predicted molar refractivity (Wildman–Crippen MR) is 237 cm³/mol. The number of benzene rings is 5. The predicted octanol–water partition coefficient (Wildman–Crippen LogP) is 3.89. The first kappa shape index (κ1) is 44.9. The first-order valence-electron chi connectivity index (χ1n) is 20.8. The summed E-state index contributed by atoms with van der Waals surface area (Å²) in [5.74, 6) is -5.12. The number of carboxylic acids is 1. The highest BCUT2D eigenvalue weighted by atomic mass is 16.4. The van der Waals surface area contributed by atoms with Gasteiger partial charge in [-0.25, -0.2) is 0 Å². The van der Waals surface area contributed by atoms with Crippen LogP contribution < -0.4 is 31.9 Å². The molecule has 7 N–H and O–H groups in total. The molecule has 0 saturated carbocycles. The van der Waals surface area contributed by atoms with E-state index in [1.165, 1.54) is 0 Å². The van der Waals surface area contributed by atoms with Crippen LogP contribution in [0.1, 0.15) is 41.5 Å². The molecule has 0 fully saturated rings. The van der Waals surface area contributed by atoms with Crippen molar-refractivity contribution in [3.8, 4) is 11.1 Å². The smallest absolute Gasteiger partial charge is 0.322 e. The SMILES string of the molecule is O=C(O)CNC(=O)[C@@H]1Cc2ccc(cc2)NC(=O)CCC(=O)N[C@H](Cc2ccccc2)C(=O)N[C@@H](Cc2ccc(-c3ccccc3)cc2)C(=O)N[C@H](CCc2ccccc2)C(=O)N1. The van der Waals surface area contributed by atoms with Crippen molar-refractivity contribution in [2.45, 2.75) is 69.1 Å². The van der Waals surface area contributed by atoms with Crippen molar-refractivity contribution in [1.29, 1.82) is 0 Å². The number of anilines is 1. The number of hydrogen-bond acceptors (Lipinski definition) is 7. The molecule has 2 bridgehead atoms. The fourth-order valence-corrected chi connectivity index (χ4v) is 7.18. The van der Waals surface area contributed by atoms with Gasteiger partial charge < -0.3 is 37.0 Å². The fraction of sp³-hybridized carbons (Fsp3) is 0.245. The van der Waals surface area contributed by atoms with Gasteiger partial charge in [-0.2, -0.15) is 0 Å². The van der Waals surface area contributed by atoms with Gasteiger partial charge in [0.1, 0.15) is 30.7 Å². The summed E-state index contributed by atoms with van der Waals surface area (Å²) in [7, 11) is 0. The first-order valence-corrected chi connectivity index (χ1v) is 20.8. The maximum absolute atomic E-state index is 14.6. The number of hydrogen-bond donors (Lipinski definition) is 7. The van der Waals surface area contributed by atoms with Crippen LogP contribution in [0.25, 0.3) is 11.1 Å². The van der Waals surface area contributed by atoms with E-state index in [4.69, 9.17) is 0 Å². The molecule has 0 aromatic heterocycles. The number of aryl methyl sites for hydroxylation is 1. The number of carbonyl (C=O) groups excluding carboxylic acids is 6. The van der Waals surface area contributed by atoms with Gasteiger partial charge in [0.05, 0.1) is 0 Å². The van der Waals surface area contributed by atoms with Crippen LogP contribution in [0.4, 0.5) is 5.69 Å². The third-order valence-corrected chi connectivity index (χ3v) is 10.6. The van der Waals surface area contributed by atoms with Gasteiger partial charge in [-0.3, -0.25) is 33.6 Å². The Bertz CT molecular complexity index is 2360. The molecule has 5 aromatic rings. The third-order valence-electron chi connectivity index (χ3n) is 10.6. The molecule has 2 aliphatic rings. The van der Waals surface area contributed by atoms with E-state index in [9.17, 15) is 38.7 Å². The number of nitrogens with one attached hydrogen (secondary N) is 6. The highest BCUT2D eigenvalue weighted by Gasteiger charge is 2.32. The standard InChI is InChI=1S/C49H50N6O8/c56-43-26-27-44(57)52-41(28-33-12-6-2-7-13-33)48(62)55-42(30-34-16-21-37(22-17-34)36-14-8-3-9-15-36)49(63)53-39(25-20-32-10-4-1-5-11-32)47(61)54-40(46(60)50-31-45(58)59)29-35-18-23-38(51-43)24-19-35/h1-19,21-24,39-42H,20,25-31H2,(H,50,60)(H,51,56)(H,52,57)(H,53,63)(H,54,61)(H,55,62)(H,58,59)/t39-,40+,41-,42+/m1/s1. The molecule has 0 unspecified atom stereocenters. The Morgan fingerprint density at radius 1 is 0.540 bits per heavy atom. The van der Waals surface area contributed by atoms with E-state index in [1.807, 2.05) is 91.0 Å². The normalized spacial score (nSPS) is 19.0. The summed E-state index contributed by atoms with van der Waals surface area (Å²) in [5.41, 5.74) is 5.23. The summed E-state index contributed by atoms with van der Waals surface area (Å²) in [6, 6.07) is 37.2. The molecule has 0 spiro atoms. The lowest BCUT2D eigenvalue weighted by Crippen LogP contribution is -2.59. The van der Waals surface area contributed by atoms with Gasteiger partial charge >= 0.3 is 5.97 Å². The second-order valence-corrected chi connectivity index (χ2v) is 15.3. The Morgan fingerprint density at radius 2 is 1.05 bits per heavy atom. The van der Waals surface area contributed by atoms with E-state index in [0.717, 1.165) is 22.3 Å². The molecule has 5 aromatic carbocycles. The summed E-state index contributed by atoms with van der Waals surface area (Å²) in [6.45, 7) is -0.694. The molecular weight excluding hydrogens is 801 g/mol. The van der Waals surface area contributed by atoms with E-state index in [1.54, 1.807) is 48.5 Å². The van der Waals surface area contributed by atoms with Crippen molar-refractivity contribution in [1.82, 2.24) is 26.6 Å². The summed E-state index contributed by atoms with van der Waals surface area (Å²) >= 11 is 0. The fourth-order valence-electron chi connectivity index (χ4n) is 7.18. The maximum Gasteiger partial charge on any atom is 0.322 e. The monoisotopic (exact) mass is 850 g/mol. The summed E-state index contributed by atoms with van der Waals surface area (Å²) in [5, 5.41) is 25.6. The van der Waals surface area contributed by atoms with Crippen molar-refractivity contribution in [2.75, 3.05) is 11.9 Å². The lowest BCUT2D eigenvalue weighted by molar-refractivity contribution is -0.138. The quantitative estimate of drug-likeness (QED) is 0.0968. The van der Waals surface area contributed by atoms with Gasteiger partial charge in [0.25, 0.3) is 0 Å². The number of rotatable bonds is 11. The van der Waals surface area contributed by atoms with Crippen molar-refractivity contribution in [2.24, 2.45) is 0 Å². The maximum atomic E-state index is 14.6. The molecule has 324 valence electrons. The molecule has 14 heteroatoms. The number of aliphatic carboxylic acids is 1. The van der Waals surface area contributed by atoms with E-state index in [2.05, 4.69) is 31.9 Å². The number of amides is 6. The Labute approximate surface area is 365 Å². The van der Waals surface area contributed by atoms with Gasteiger partial charge in [0.2, 0.25) is 35.4 Å². The minimum atomic E-state index is -1.28. The molecule has 0 radical (unpaired) electrons. The minimum Gasteiger partial charge on any atom is -0.480 e. The second kappa shape index (κ2) is 22.3. The average molecular weight is 851 g/mol. The number of carbonyl (C=O) groups is 7. The van der Waals surface area contributed by atoms with Crippen LogP contribution in [-0.4, -0.2) is 77.2 Å². The molecule has 2 aliphatic heterocycles. The number of fused-ring (bicyclic) bond motifs is 18. The molecule has 0 aliphatic carbocycles. The van der Waals surface area contributed by atoms with Crippen LogP contribution in [-0.2, 0) is 59.2 Å². The Balaban J connectivity index is 1.36. The van der Waals surface area contributed by atoms with Crippen LogP contribution in [0.5, 0.6) is 0 Å². The largest absolute Gasteiger partial charge is 0.480 e. The van der Waals surface area contributed by atoms with Gasteiger partial charge in [0.15, 0.2) is 0 Å². The van der Waals surface area contributed by atoms with Crippen molar-refractivity contribution >= 4 is 47.1 Å². The zero-order valence-electron chi connectivity index (χ0n) is 34.6. The van der Waals surface area contributed by atoms with Crippen LogP contribution in [0, 0.1) is 0 Å². The lowest BCUT2D eigenvalue weighted by atomic mass is 9.98. The van der Waals surface area contributed by atoms with Crippen LogP contribution in [0.15, 0.2) is 140 Å². The van der Waals surface area contributed by atoms with E-state index in [0.29, 0.717) is 23.2 Å². The zero-order chi connectivity index (χ0) is 44.6. The minimum absolute atomic E-state index is 0.00187. The van der Waals surface area contributed by atoms with Crippen LogP contribution in [0.3, 0.4) is 0 Å². The Morgan fingerprint density at radius 3 is 1.67 bits per heavy atom. The Hall–Kier alpha value is -7.61. The van der Waals surface area contributed by atoms with Crippen LogP contribution in [0.2, 0.25) is 0 Å². The highest BCUT2D eigenvalue weighted by Crippen LogP contribution is 2.20. The zero-order valence-corrected chi connectivity index (χ0v) is 34.6. The molecule has 14 nitrogen and oxygen atoms in total. The van der Waals surface area contributed by atoms with Crippen molar-refractivity contribution < 1.29 is 38.7 Å². The first-order chi connectivity index (χ1) is 30.5. The lowest BCUT2D eigenvalue weighted by Gasteiger charge is -2.27. The second-order valence-electron chi connectivity index (χ2n) is 15.3. The van der Waals surface area contributed by atoms with Crippen molar-refractivity contribution in [3.05, 3.63) is 162 Å². The molecule has 4 atom stereocenters. The highest BCUT2D eigenvalue weighted by molar-refractivity contribution is 5.97.